The first-order valence-electron chi connectivity index (χ1n) is 4.01. The predicted octanol–water partition coefficient (Wildman–Crippen LogP) is 2.20. The normalized spacial score (nSPS) is 10.8. The number of hydrogen-bond acceptors (Lipinski definition) is 2. The van der Waals surface area contributed by atoms with Crippen molar-refractivity contribution in [2.24, 2.45) is 0 Å². The fourth-order valence-corrected chi connectivity index (χ4v) is 1.09. The predicted molar refractivity (Wildman–Crippen MR) is 46.3 cm³/mol. The molecule has 2 aromatic rings. The molecular weight excluding hydrogens is 188 g/mol. The van der Waals surface area contributed by atoms with Crippen LogP contribution in [0.4, 0.5) is 8.78 Å². The molecule has 0 bridgehead atoms. The average molecular weight is 195 g/mol. The maximum Gasteiger partial charge on any atom is 0.282 e. The molecule has 0 atom stereocenters. The van der Waals surface area contributed by atoms with Gasteiger partial charge in [-0.3, -0.25) is 4.98 Å². The first-order valence-corrected chi connectivity index (χ1v) is 4.01. The van der Waals surface area contributed by atoms with E-state index in [0.717, 1.165) is 0 Å². The van der Waals surface area contributed by atoms with Gasteiger partial charge in [-0.25, -0.2) is 13.5 Å². The van der Waals surface area contributed by atoms with E-state index in [1.807, 2.05) is 0 Å². The highest BCUT2D eigenvalue weighted by molar-refractivity contribution is 5.27. The van der Waals surface area contributed by atoms with Gasteiger partial charge in [0.05, 0.1) is 5.69 Å². The summed E-state index contributed by atoms with van der Waals surface area (Å²) in [6.07, 6.45) is 2.13. The molecule has 0 aliphatic heterocycles. The largest absolute Gasteiger partial charge is 0.282 e. The van der Waals surface area contributed by atoms with Crippen molar-refractivity contribution in [2.45, 2.75) is 6.43 Å². The molecule has 0 spiro atoms. The first kappa shape index (κ1) is 8.80. The van der Waals surface area contributed by atoms with E-state index in [-0.39, 0.29) is 5.69 Å². The van der Waals surface area contributed by atoms with Gasteiger partial charge in [-0.1, -0.05) is 0 Å². The summed E-state index contributed by atoms with van der Waals surface area (Å²) in [4.78, 5) is 3.82. The third kappa shape index (κ3) is 1.61. The van der Waals surface area contributed by atoms with E-state index in [4.69, 9.17) is 0 Å². The Morgan fingerprint density at radius 2 is 1.86 bits per heavy atom. The van der Waals surface area contributed by atoms with E-state index in [1.54, 1.807) is 24.5 Å². The van der Waals surface area contributed by atoms with Crippen LogP contribution in [0.25, 0.3) is 5.69 Å². The van der Waals surface area contributed by atoms with E-state index in [0.29, 0.717) is 5.69 Å². The molecule has 2 heterocycles. The average Bonchev–Trinajstić information content (AvgIpc) is 2.68. The molecule has 5 heteroatoms. The lowest BCUT2D eigenvalue weighted by Crippen LogP contribution is -1.96. The molecule has 0 unspecified atom stereocenters. The standard InChI is InChI=1S/C9H7F2N3/c10-9(11)8-3-6-14(13-8)7-1-4-12-5-2-7/h1-6,9H. The summed E-state index contributed by atoms with van der Waals surface area (Å²) in [5.41, 5.74) is 0.494. The summed E-state index contributed by atoms with van der Waals surface area (Å²) >= 11 is 0. The fourth-order valence-electron chi connectivity index (χ4n) is 1.09. The van der Waals surface area contributed by atoms with Crippen LogP contribution in [0.15, 0.2) is 36.8 Å². The molecule has 72 valence electrons. The van der Waals surface area contributed by atoms with Crippen LogP contribution in [0.5, 0.6) is 0 Å². The van der Waals surface area contributed by atoms with Crippen LogP contribution in [-0.4, -0.2) is 14.8 Å². The van der Waals surface area contributed by atoms with Crippen LogP contribution in [0.2, 0.25) is 0 Å². The molecule has 0 amide bonds. The van der Waals surface area contributed by atoms with Gasteiger partial charge in [0.25, 0.3) is 6.43 Å². The zero-order valence-electron chi connectivity index (χ0n) is 7.14. The molecule has 2 rings (SSSR count). The Bertz CT molecular complexity index is 411. The number of hydrogen-bond donors (Lipinski definition) is 0. The van der Waals surface area contributed by atoms with Crippen molar-refractivity contribution in [1.29, 1.82) is 0 Å². The molecule has 0 aliphatic rings. The monoisotopic (exact) mass is 195 g/mol. The smallest absolute Gasteiger partial charge is 0.265 e. The van der Waals surface area contributed by atoms with E-state index in [9.17, 15) is 8.78 Å². The number of aromatic nitrogens is 3. The lowest BCUT2D eigenvalue weighted by atomic mass is 10.4. The number of nitrogens with zero attached hydrogens (tertiary/aromatic N) is 3. The van der Waals surface area contributed by atoms with Crippen LogP contribution in [0.1, 0.15) is 12.1 Å². The Morgan fingerprint density at radius 1 is 1.14 bits per heavy atom. The second-order valence-electron chi connectivity index (χ2n) is 2.69. The van der Waals surface area contributed by atoms with Crippen molar-refractivity contribution in [1.82, 2.24) is 14.8 Å². The summed E-state index contributed by atoms with van der Waals surface area (Å²) in [6, 6.07) is 4.69. The van der Waals surface area contributed by atoms with Crippen molar-refractivity contribution in [3.63, 3.8) is 0 Å². The Labute approximate surface area is 79.0 Å². The Balaban J connectivity index is 2.34. The zero-order valence-corrected chi connectivity index (χ0v) is 7.14. The third-order valence-electron chi connectivity index (χ3n) is 1.76. The SMILES string of the molecule is FC(F)c1ccn(-c2ccncc2)n1. The van der Waals surface area contributed by atoms with Gasteiger partial charge in [-0.2, -0.15) is 5.10 Å². The molecule has 0 fully saturated rings. The van der Waals surface area contributed by atoms with Crippen LogP contribution in [0, 0.1) is 0 Å². The lowest BCUT2D eigenvalue weighted by Gasteiger charge is -1.98. The first-order chi connectivity index (χ1) is 6.77. The molecule has 0 aliphatic carbocycles. The van der Waals surface area contributed by atoms with Gasteiger partial charge < -0.3 is 0 Å². The van der Waals surface area contributed by atoms with Crippen molar-refractivity contribution >= 4 is 0 Å². The highest BCUT2D eigenvalue weighted by atomic mass is 19.3. The molecule has 3 nitrogen and oxygen atoms in total. The van der Waals surface area contributed by atoms with Crippen LogP contribution >= 0.6 is 0 Å². The summed E-state index contributed by atoms with van der Waals surface area (Å²) in [6.45, 7) is 0. The van der Waals surface area contributed by atoms with Crippen molar-refractivity contribution in [3.8, 4) is 5.69 Å². The molecule has 0 N–H and O–H groups in total. The number of alkyl halides is 2. The molecule has 0 radical (unpaired) electrons. The maximum atomic E-state index is 12.2. The van der Waals surface area contributed by atoms with Gasteiger partial charge in [-0.05, 0) is 18.2 Å². The van der Waals surface area contributed by atoms with E-state index < -0.39 is 6.43 Å². The van der Waals surface area contributed by atoms with Crippen LogP contribution in [0.3, 0.4) is 0 Å². The summed E-state index contributed by atoms with van der Waals surface area (Å²) < 4.78 is 25.8. The van der Waals surface area contributed by atoms with Crippen LogP contribution in [-0.2, 0) is 0 Å². The van der Waals surface area contributed by atoms with E-state index in [2.05, 4.69) is 10.1 Å². The summed E-state index contributed by atoms with van der Waals surface area (Å²) in [5, 5.41) is 3.72. The van der Waals surface area contributed by atoms with Crippen molar-refractivity contribution < 1.29 is 8.78 Å². The Hall–Kier alpha value is -1.78. The quantitative estimate of drug-likeness (QED) is 0.735. The minimum Gasteiger partial charge on any atom is -0.265 e. The van der Waals surface area contributed by atoms with Gasteiger partial charge in [0.15, 0.2) is 0 Å². The topological polar surface area (TPSA) is 30.7 Å². The van der Waals surface area contributed by atoms with Gasteiger partial charge in [-0.15, -0.1) is 0 Å². The van der Waals surface area contributed by atoms with Gasteiger partial charge in [0.1, 0.15) is 5.69 Å². The minimum atomic E-state index is -2.53. The minimum absolute atomic E-state index is 0.221. The van der Waals surface area contributed by atoms with Crippen molar-refractivity contribution in [2.75, 3.05) is 0 Å². The Kier molecular flexibility index (Phi) is 2.22. The highest BCUT2D eigenvalue weighted by Crippen LogP contribution is 2.16. The zero-order chi connectivity index (χ0) is 9.97. The van der Waals surface area contributed by atoms with Gasteiger partial charge in [0, 0.05) is 18.6 Å². The molecule has 0 saturated carbocycles. The summed E-state index contributed by atoms with van der Waals surface area (Å²) in [7, 11) is 0. The van der Waals surface area contributed by atoms with E-state index >= 15 is 0 Å². The third-order valence-corrected chi connectivity index (χ3v) is 1.76. The van der Waals surface area contributed by atoms with Crippen molar-refractivity contribution in [3.05, 3.63) is 42.5 Å². The lowest BCUT2D eigenvalue weighted by molar-refractivity contribution is 0.145. The highest BCUT2D eigenvalue weighted by Gasteiger charge is 2.10. The maximum absolute atomic E-state index is 12.2. The molecule has 0 saturated heterocycles. The van der Waals surface area contributed by atoms with Gasteiger partial charge >= 0.3 is 0 Å². The number of pyridine rings is 1. The Morgan fingerprint density at radius 3 is 2.43 bits per heavy atom. The van der Waals surface area contributed by atoms with Gasteiger partial charge in [0.2, 0.25) is 0 Å². The number of rotatable bonds is 2. The second-order valence-corrected chi connectivity index (χ2v) is 2.69. The molecule has 2 aromatic heterocycles. The second kappa shape index (κ2) is 3.53. The molecular formula is C9H7F2N3. The molecule has 0 aromatic carbocycles. The fraction of sp³-hybridized carbons (Fsp3) is 0.111. The van der Waals surface area contributed by atoms with E-state index in [1.165, 1.54) is 16.9 Å². The molecule has 14 heavy (non-hydrogen) atoms. The van der Waals surface area contributed by atoms with Crippen LogP contribution < -0.4 is 0 Å². The number of halogens is 2. The summed E-state index contributed by atoms with van der Waals surface area (Å²) in [5.74, 6) is 0.